The smallest absolute Gasteiger partial charge is 0.310 e. The lowest BCUT2D eigenvalue weighted by molar-refractivity contribution is -0.144. The number of imidazole rings is 1. The fraction of sp³-hybridized carbons (Fsp3) is 0.258. The first-order chi connectivity index (χ1) is 20.1. The van der Waals surface area contributed by atoms with E-state index in [2.05, 4.69) is 19.9 Å². The third-order valence-corrected chi connectivity index (χ3v) is 7.16. The topological polar surface area (TPSA) is 92.0 Å². The van der Waals surface area contributed by atoms with Gasteiger partial charge in [0.15, 0.2) is 5.65 Å². The number of fused-ring (bicyclic) bond motifs is 1. The van der Waals surface area contributed by atoms with Gasteiger partial charge in [-0.15, -0.1) is 0 Å². The van der Waals surface area contributed by atoms with Gasteiger partial charge in [-0.25, -0.2) is 23.7 Å². The number of ether oxygens (including phenoxy) is 2. The molecule has 5 aromatic rings. The maximum absolute atomic E-state index is 15.6. The molecule has 41 heavy (non-hydrogen) atoms. The third-order valence-electron chi connectivity index (χ3n) is 7.16. The van der Waals surface area contributed by atoms with Gasteiger partial charge in [-0.3, -0.25) is 14.3 Å². The average molecular weight is 556 g/mol. The highest BCUT2D eigenvalue weighted by molar-refractivity contribution is 5.88. The van der Waals surface area contributed by atoms with E-state index < -0.39 is 17.6 Å². The Kier molecular flexibility index (Phi) is 7.73. The summed E-state index contributed by atoms with van der Waals surface area (Å²) in [6, 6.07) is 15.2. The molecule has 0 spiro atoms. The monoisotopic (exact) mass is 555 g/mol. The van der Waals surface area contributed by atoms with Crippen LogP contribution in [-0.4, -0.2) is 37.1 Å². The van der Waals surface area contributed by atoms with Crippen molar-refractivity contribution in [1.82, 2.24) is 24.5 Å². The molecule has 4 heterocycles. The fourth-order valence-electron chi connectivity index (χ4n) is 5.05. The summed E-state index contributed by atoms with van der Waals surface area (Å²) < 4.78 is 43.7. The number of hydrogen-bond donors (Lipinski definition) is 0. The lowest BCUT2D eigenvalue weighted by Gasteiger charge is -2.23. The first-order valence-corrected chi connectivity index (χ1v) is 13.5. The first kappa shape index (κ1) is 26.6. The molecule has 1 aliphatic heterocycles. The van der Waals surface area contributed by atoms with Gasteiger partial charge in [0.1, 0.15) is 42.0 Å². The number of aromatic nitrogens is 5. The summed E-state index contributed by atoms with van der Waals surface area (Å²) in [4.78, 5) is 30.4. The van der Waals surface area contributed by atoms with Gasteiger partial charge < -0.3 is 9.47 Å². The minimum absolute atomic E-state index is 0.0487. The van der Waals surface area contributed by atoms with Crippen molar-refractivity contribution in [2.45, 2.75) is 44.9 Å². The molecule has 2 aromatic carbocycles. The molecular weight excluding hydrogens is 528 g/mol. The predicted molar refractivity (Wildman–Crippen MR) is 146 cm³/mol. The lowest BCUT2D eigenvalue weighted by atomic mass is 9.99. The molecule has 1 unspecified atom stereocenters. The first-order valence-electron chi connectivity index (χ1n) is 13.5. The zero-order chi connectivity index (χ0) is 28.2. The SMILES string of the molecule is O=C(Cc1ccc(F)c(Cc2ncccc2-c2ncnc3c2ncn3C2CCCCO2)c1F)OCc1ccccc1. The normalized spacial score (nSPS) is 15.2. The highest BCUT2D eigenvalue weighted by Gasteiger charge is 2.23. The van der Waals surface area contributed by atoms with Crippen LogP contribution in [0.25, 0.3) is 22.4 Å². The minimum atomic E-state index is -0.801. The molecule has 1 aliphatic rings. The molecule has 10 heteroatoms. The number of carbonyl (C=O) groups is 1. The molecule has 208 valence electrons. The molecule has 8 nitrogen and oxygen atoms in total. The zero-order valence-electron chi connectivity index (χ0n) is 22.2. The summed E-state index contributed by atoms with van der Waals surface area (Å²) in [5.74, 6) is -2.14. The molecule has 1 fully saturated rings. The number of hydrogen-bond acceptors (Lipinski definition) is 7. The molecule has 0 saturated carbocycles. The van der Waals surface area contributed by atoms with E-state index in [0.29, 0.717) is 34.7 Å². The molecule has 0 aliphatic carbocycles. The van der Waals surface area contributed by atoms with Crippen LogP contribution in [0.5, 0.6) is 0 Å². The van der Waals surface area contributed by atoms with Crippen molar-refractivity contribution in [2.75, 3.05) is 6.61 Å². The predicted octanol–water partition coefficient (Wildman–Crippen LogP) is 5.74. The van der Waals surface area contributed by atoms with Gasteiger partial charge in [0.25, 0.3) is 0 Å². The number of nitrogens with zero attached hydrogens (tertiary/aromatic N) is 5. The number of halogens is 2. The van der Waals surface area contributed by atoms with E-state index in [1.807, 2.05) is 34.9 Å². The largest absolute Gasteiger partial charge is 0.461 e. The number of pyridine rings is 1. The van der Waals surface area contributed by atoms with Crippen molar-refractivity contribution < 1.29 is 23.0 Å². The quantitative estimate of drug-likeness (QED) is 0.225. The van der Waals surface area contributed by atoms with Crippen molar-refractivity contribution in [3.05, 3.63) is 107 Å². The Morgan fingerprint density at radius 2 is 1.88 bits per heavy atom. The van der Waals surface area contributed by atoms with E-state index in [4.69, 9.17) is 9.47 Å². The second-order valence-corrected chi connectivity index (χ2v) is 9.86. The van der Waals surface area contributed by atoms with Crippen LogP contribution in [0.3, 0.4) is 0 Å². The van der Waals surface area contributed by atoms with Crippen LogP contribution in [-0.2, 0) is 33.7 Å². The second kappa shape index (κ2) is 11.9. The van der Waals surface area contributed by atoms with Crippen LogP contribution in [0.2, 0.25) is 0 Å². The van der Waals surface area contributed by atoms with Crippen molar-refractivity contribution in [3.8, 4) is 11.3 Å². The van der Waals surface area contributed by atoms with Gasteiger partial charge in [0, 0.05) is 30.4 Å². The van der Waals surface area contributed by atoms with Crippen molar-refractivity contribution >= 4 is 17.1 Å². The summed E-state index contributed by atoms with van der Waals surface area (Å²) in [6.45, 7) is 0.749. The Morgan fingerprint density at radius 1 is 1.00 bits per heavy atom. The summed E-state index contributed by atoms with van der Waals surface area (Å²) in [5, 5.41) is 0. The number of carbonyl (C=O) groups excluding carboxylic acids is 1. The van der Waals surface area contributed by atoms with Crippen LogP contribution < -0.4 is 0 Å². The van der Waals surface area contributed by atoms with Crippen LogP contribution >= 0.6 is 0 Å². The minimum Gasteiger partial charge on any atom is -0.461 e. The van der Waals surface area contributed by atoms with E-state index >= 15 is 4.39 Å². The van der Waals surface area contributed by atoms with Crippen molar-refractivity contribution in [2.24, 2.45) is 0 Å². The van der Waals surface area contributed by atoms with E-state index in [1.165, 1.54) is 12.4 Å². The molecule has 6 rings (SSSR count). The maximum Gasteiger partial charge on any atom is 0.310 e. The Hall–Kier alpha value is -4.57. The number of benzene rings is 2. The molecule has 0 radical (unpaired) electrons. The Morgan fingerprint density at radius 3 is 2.71 bits per heavy atom. The van der Waals surface area contributed by atoms with Gasteiger partial charge in [0.05, 0.1) is 18.4 Å². The van der Waals surface area contributed by atoms with Gasteiger partial charge in [-0.05, 0) is 48.6 Å². The number of rotatable bonds is 8. The fourth-order valence-corrected chi connectivity index (χ4v) is 5.05. The molecule has 1 saturated heterocycles. The summed E-state index contributed by atoms with van der Waals surface area (Å²) in [6.07, 6.45) is 6.99. The second-order valence-electron chi connectivity index (χ2n) is 9.86. The van der Waals surface area contributed by atoms with E-state index in [0.717, 1.165) is 30.9 Å². The Balaban J connectivity index is 1.27. The Labute approximate surface area is 235 Å². The summed E-state index contributed by atoms with van der Waals surface area (Å²) in [5.41, 5.74) is 3.35. The van der Waals surface area contributed by atoms with Crippen LogP contribution in [0.15, 0.2) is 73.4 Å². The van der Waals surface area contributed by atoms with Gasteiger partial charge in [0.2, 0.25) is 0 Å². The van der Waals surface area contributed by atoms with Crippen molar-refractivity contribution in [1.29, 1.82) is 0 Å². The van der Waals surface area contributed by atoms with Gasteiger partial charge >= 0.3 is 5.97 Å². The van der Waals surface area contributed by atoms with Crippen LogP contribution in [0.4, 0.5) is 8.78 Å². The lowest BCUT2D eigenvalue weighted by Crippen LogP contribution is -2.17. The average Bonchev–Trinajstić information content (AvgIpc) is 3.45. The molecule has 0 bridgehead atoms. The van der Waals surface area contributed by atoms with Crippen LogP contribution in [0, 0.1) is 11.6 Å². The number of esters is 1. The molecule has 0 amide bonds. The van der Waals surface area contributed by atoms with Gasteiger partial charge in [-0.2, -0.15) is 0 Å². The van der Waals surface area contributed by atoms with Crippen LogP contribution in [0.1, 0.15) is 47.9 Å². The molecule has 0 N–H and O–H groups in total. The highest BCUT2D eigenvalue weighted by Crippen LogP contribution is 2.32. The van der Waals surface area contributed by atoms with Gasteiger partial charge in [-0.1, -0.05) is 36.4 Å². The van der Waals surface area contributed by atoms with E-state index in [1.54, 1.807) is 24.7 Å². The molecule has 3 aromatic heterocycles. The standard InChI is InChI=1S/C31H27F2N5O3/c32-24-12-11-21(15-27(39)41-17-20-7-2-1-3-8-20)28(33)23(24)16-25-22(9-6-13-34-25)29-30-31(36-18-35-29)38(19-37-30)26-10-4-5-14-40-26/h1-3,6-9,11-13,18-19,26H,4-5,10,14-17H2. The van der Waals surface area contributed by atoms with E-state index in [9.17, 15) is 9.18 Å². The van der Waals surface area contributed by atoms with Crippen molar-refractivity contribution in [3.63, 3.8) is 0 Å². The molecular formula is C31H27F2N5O3. The third kappa shape index (κ3) is 5.69. The zero-order valence-corrected chi connectivity index (χ0v) is 22.2. The molecule has 1 atom stereocenters. The summed E-state index contributed by atoms with van der Waals surface area (Å²) in [7, 11) is 0. The Bertz CT molecular complexity index is 1690. The van der Waals surface area contributed by atoms with E-state index in [-0.39, 0.29) is 36.8 Å². The summed E-state index contributed by atoms with van der Waals surface area (Å²) >= 11 is 0. The maximum atomic E-state index is 15.6. The highest BCUT2D eigenvalue weighted by atomic mass is 19.1.